The highest BCUT2D eigenvalue weighted by atomic mass is 16.5. The van der Waals surface area contributed by atoms with Crippen LogP contribution in [0.15, 0.2) is 24.3 Å². The number of amides is 2. The number of nitrogens with zero attached hydrogens (tertiary/aromatic N) is 2. The number of nitrogens with one attached hydrogen (secondary N) is 2. The molecule has 2 aliphatic rings. The maximum absolute atomic E-state index is 12.2. The van der Waals surface area contributed by atoms with Crippen LogP contribution in [0.2, 0.25) is 0 Å². The molecule has 6 heteroatoms. The Balaban J connectivity index is 1.36. The van der Waals surface area contributed by atoms with E-state index >= 15 is 0 Å². The molecule has 3 rings (SSSR count). The zero-order valence-corrected chi connectivity index (χ0v) is 15.2. The van der Waals surface area contributed by atoms with Crippen molar-refractivity contribution in [1.29, 1.82) is 5.26 Å². The number of carbonyl (C=O) groups excluding carboxylic acids is 1. The van der Waals surface area contributed by atoms with Gasteiger partial charge in [0, 0.05) is 31.4 Å². The summed E-state index contributed by atoms with van der Waals surface area (Å²) in [5, 5.41) is 14.4. The lowest BCUT2D eigenvalue weighted by Crippen LogP contribution is -2.46. The molecule has 1 saturated carbocycles. The summed E-state index contributed by atoms with van der Waals surface area (Å²) in [6.07, 6.45) is 7.60. The highest BCUT2D eigenvalue weighted by Crippen LogP contribution is 2.26. The average Bonchev–Trinajstić information content (AvgIpc) is 3.16. The van der Waals surface area contributed by atoms with E-state index in [0.29, 0.717) is 11.4 Å². The summed E-state index contributed by atoms with van der Waals surface area (Å²) in [7, 11) is 0. The van der Waals surface area contributed by atoms with Gasteiger partial charge in [-0.1, -0.05) is 12.8 Å². The lowest BCUT2D eigenvalue weighted by atomic mass is 10.0. The second kappa shape index (κ2) is 9.44. The molecule has 0 unspecified atom stereocenters. The van der Waals surface area contributed by atoms with Gasteiger partial charge in [0.1, 0.15) is 11.8 Å². The summed E-state index contributed by atoms with van der Waals surface area (Å²) in [5.74, 6) is 1.51. The number of hydrogen-bond donors (Lipinski definition) is 2. The third kappa shape index (κ3) is 5.63. The van der Waals surface area contributed by atoms with Crippen LogP contribution in [-0.4, -0.2) is 43.2 Å². The molecule has 26 heavy (non-hydrogen) atoms. The molecule has 0 aromatic heterocycles. The van der Waals surface area contributed by atoms with Crippen LogP contribution in [0.1, 0.15) is 38.5 Å². The Bertz CT molecular complexity index is 612. The van der Waals surface area contributed by atoms with Crippen molar-refractivity contribution < 1.29 is 9.53 Å². The van der Waals surface area contributed by atoms with E-state index in [0.717, 1.165) is 31.8 Å². The molecule has 140 valence electrons. The number of nitriles is 1. The molecule has 1 aromatic rings. The molecule has 1 aliphatic carbocycles. The summed E-state index contributed by atoms with van der Waals surface area (Å²) in [5.41, 5.74) is 0.713. The van der Waals surface area contributed by atoms with Crippen LogP contribution in [-0.2, 0) is 0 Å². The first-order valence-electron chi connectivity index (χ1n) is 9.62. The summed E-state index contributed by atoms with van der Waals surface area (Å²) in [4.78, 5) is 14.7. The molecular weight excluding hydrogens is 328 g/mol. The van der Waals surface area contributed by atoms with Crippen LogP contribution < -0.4 is 15.4 Å². The van der Waals surface area contributed by atoms with Gasteiger partial charge >= 0.3 is 6.03 Å². The zero-order valence-electron chi connectivity index (χ0n) is 15.2. The molecule has 1 heterocycles. The van der Waals surface area contributed by atoms with Crippen molar-refractivity contribution in [3.05, 3.63) is 24.3 Å². The van der Waals surface area contributed by atoms with Crippen LogP contribution in [0.4, 0.5) is 10.5 Å². The number of benzene rings is 1. The van der Waals surface area contributed by atoms with Gasteiger partial charge in [0.2, 0.25) is 0 Å². The first-order chi connectivity index (χ1) is 12.7. The van der Waals surface area contributed by atoms with Crippen molar-refractivity contribution in [1.82, 2.24) is 10.2 Å². The number of piperidine rings is 1. The zero-order chi connectivity index (χ0) is 18.2. The Kier molecular flexibility index (Phi) is 6.73. The van der Waals surface area contributed by atoms with Crippen molar-refractivity contribution in [2.24, 2.45) is 5.92 Å². The molecule has 0 atom stereocenters. The van der Waals surface area contributed by atoms with Gasteiger partial charge in [-0.05, 0) is 55.9 Å². The molecule has 2 fully saturated rings. The van der Waals surface area contributed by atoms with Gasteiger partial charge in [0.05, 0.1) is 0 Å². The van der Waals surface area contributed by atoms with Crippen molar-refractivity contribution in [2.75, 3.05) is 31.6 Å². The van der Waals surface area contributed by atoms with Gasteiger partial charge in [-0.25, -0.2) is 4.79 Å². The number of carbonyl (C=O) groups is 1. The maximum Gasteiger partial charge on any atom is 0.319 e. The van der Waals surface area contributed by atoms with E-state index in [1.54, 1.807) is 24.3 Å². The summed E-state index contributed by atoms with van der Waals surface area (Å²) >= 11 is 0. The monoisotopic (exact) mass is 356 g/mol. The van der Waals surface area contributed by atoms with Crippen molar-refractivity contribution in [3.8, 4) is 11.8 Å². The Hall–Kier alpha value is -2.26. The van der Waals surface area contributed by atoms with Crippen LogP contribution >= 0.6 is 0 Å². The van der Waals surface area contributed by atoms with Gasteiger partial charge in [-0.15, -0.1) is 0 Å². The quantitative estimate of drug-likeness (QED) is 0.819. The molecule has 1 saturated heterocycles. The Morgan fingerprint density at radius 2 is 1.85 bits per heavy atom. The van der Waals surface area contributed by atoms with Gasteiger partial charge in [0.15, 0.2) is 6.61 Å². The average molecular weight is 356 g/mol. The molecule has 0 bridgehead atoms. The topological polar surface area (TPSA) is 77.4 Å². The largest absolute Gasteiger partial charge is 0.479 e. The molecular formula is C20H28N4O2. The minimum Gasteiger partial charge on any atom is -0.479 e. The normalized spacial score (nSPS) is 19.0. The standard InChI is InChI=1S/C20H28N4O2/c21-11-14-26-19-7-5-17(6-8-19)22-20(25)23-18-9-12-24(13-10-18)15-16-3-1-2-4-16/h5-8,16,18H,1-4,9-10,12-15H2,(H2,22,23,25). The van der Waals surface area contributed by atoms with Crippen LogP contribution in [0.3, 0.4) is 0 Å². The van der Waals surface area contributed by atoms with E-state index in [1.807, 2.05) is 6.07 Å². The number of likely N-dealkylation sites (tertiary alicyclic amines) is 1. The van der Waals surface area contributed by atoms with E-state index in [1.165, 1.54) is 32.2 Å². The van der Waals surface area contributed by atoms with E-state index in [2.05, 4.69) is 15.5 Å². The Labute approximate surface area is 155 Å². The fraction of sp³-hybridized carbons (Fsp3) is 0.600. The minimum atomic E-state index is -0.162. The summed E-state index contributed by atoms with van der Waals surface area (Å²) in [6, 6.07) is 9.05. The molecule has 0 radical (unpaired) electrons. The van der Waals surface area contributed by atoms with Crippen molar-refractivity contribution >= 4 is 11.7 Å². The highest BCUT2D eigenvalue weighted by Gasteiger charge is 2.24. The number of urea groups is 1. The molecule has 2 N–H and O–H groups in total. The predicted molar refractivity (Wildman–Crippen MR) is 101 cm³/mol. The van der Waals surface area contributed by atoms with Crippen LogP contribution in [0.5, 0.6) is 5.75 Å². The van der Waals surface area contributed by atoms with Gasteiger partial charge in [-0.2, -0.15) is 5.26 Å². The molecule has 6 nitrogen and oxygen atoms in total. The smallest absolute Gasteiger partial charge is 0.319 e. The lowest BCUT2D eigenvalue weighted by Gasteiger charge is -2.33. The number of anilines is 1. The highest BCUT2D eigenvalue weighted by molar-refractivity contribution is 5.89. The van der Waals surface area contributed by atoms with Gasteiger partial charge in [-0.3, -0.25) is 0 Å². The van der Waals surface area contributed by atoms with Crippen molar-refractivity contribution in [2.45, 2.75) is 44.6 Å². The second-order valence-corrected chi connectivity index (χ2v) is 7.29. The van der Waals surface area contributed by atoms with E-state index in [4.69, 9.17) is 10.00 Å². The Morgan fingerprint density at radius 3 is 2.50 bits per heavy atom. The first kappa shape index (κ1) is 18.5. The maximum atomic E-state index is 12.2. The first-order valence-corrected chi connectivity index (χ1v) is 9.62. The fourth-order valence-electron chi connectivity index (χ4n) is 3.92. The fourth-order valence-corrected chi connectivity index (χ4v) is 3.92. The van der Waals surface area contributed by atoms with Gasteiger partial charge in [0.25, 0.3) is 0 Å². The molecule has 0 spiro atoms. The SMILES string of the molecule is N#CCOc1ccc(NC(=O)NC2CCN(CC3CCCC3)CC2)cc1. The van der Waals surface area contributed by atoms with Crippen LogP contribution in [0, 0.1) is 17.2 Å². The third-order valence-electron chi connectivity index (χ3n) is 5.33. The van der Waals surface area contributed by atoms with E-state index in [-0.39, 0.29) is 18.7 Å². The minimum absolute atomic E-state index is 0.0205. The van der Waals surface area contributed by atoms with Gasteiger partial charge < -0.3 is 20.3 Å². The summed E-state index contributed by atoms with van der Waals surface area (Å²) in [6.45, 7) is 3.41. The van der Waals surface area contributed by atoms with E-state index < -0.39 is 0 Å². The number of ether oxygens (including phenoxy) is 1. The molecule has 1 aromatic carbocycles. The number of hydrogen-bond acceptors (Lipinski definition) is 4. The second-order valence-electron chi connectivity index (χ2n) is 7.29. The van der Waals surface area contributed by atoms with Crippen LogP contribution in [0.25, 0.3) is 0 Å². The van der Waals surface area contributed by atoms with Crippen molar-refractivity contribution in [3.63, 3.8) is 0 Å². The third-order valence-corrected chi connectivity index (χ3v) is 5.33. The van der Waals surface area contributed by atoms with E-state index in [9.17, 15) is 4.79 Å². The molecule has 2 amide bonds. The predicted octanol–water partition coefficient (Wildman–Crippen LogP) is 3.37. The molecule has 1 aliphatic heterocycles. The lowest BCUT2D eigenvalue weighted by molar-refractivity contribution is 0.173. The summed E-state index contributed by atoms with van der Waals surface area (Å²) < 4.78 is 5.20. The Morgan fingerprint density at radius 1 is 1.15 bits per heavy atom. The number of rotatable bonds is 6.